The van der Waals surface area contributed by atoms with Crippen LogP contribution >= 0.6 is 11.3 Å². The first-order chi connectivity index (χ1) is 8.96. The van der Waals surface area contributed by atoms with Crippen LogP contribution in [-0.4, -0.2) is 20.3 Å². The molecule has 19 heavy (non-hydrogen) atoms. The highest BCUT2D eigenvalue weighted by Crippen LogP contribution is 2.33. The Labute approximate surface area is 115 Å². The van der Waals surface area contributed by atoms with E-state index in [4.69, 9.17) is 0 Å². The Morgan fingerprint density at radius 1 is 1.42 bits per heavy atom. The van der Waals surface area contributed by atoms with Gasteiger partial charge in [-0.2, -0.15) is 0 Å². The van der Waals surface area contributed by atoms with Crippen LogP contribution < -0.4 is 5.56 Å². The first-order valence-corrected chi connectivity index (χ1v) is 7.49. The van der Waals surface area contributed by atoms with E-state index >= 15 is 0 Å². The summed E-state index contributed by atoms with van der Waals surface area (Å²) in [5.74, 6) is 0. The molecule has 2 heterocycles. The Morgan fingerprint density at radius 2 is 2.16 bits per heavy atom. The van der Waals surface area contributed by atoms with Crippen LogP contribution in [0.1, 0.15) is 37.1 Å². The SMILES string of the molecule is CC(C)(O)Cn1cnc2sc3c(c2c1=O)CCCC3. The van der Waals surface area contributed by atoms with Crippen LogP contribution in [0.5, 0.6) is 0 Å². The molecule has 0 aliphatic heterocycles. The van der Waals surface area contributed by atoms with Crippen LogP contribution in [0.25, 0.3) is 10.2 Å². The van der Waals surface area contributed by atoms with Crippen LogP contribution in [0.15, 0.2) is 11.1 Å². The molecule has 2 aromatic heterocycles. The monoisotopic (exact) mass is 278 g/mol. The van der Waals surface area contributed by atoms with Crippen molar-refractivity contribution in [3.8, 4) is 0 Å². The second-order valence-electron chi connectivity index (χ2n) is 5.88. The standard InChI is InChI=1S/C14H18N2O2S/c1-14(2,18)7-16-8-15-12-11(13(16)17)9-5-3-4-6-10(9)19-12/h8,18H,3-7H2,1-2H3. The van der Waals surface area contributed by atoms with Gasteiger partial charge in [-0.05, 0) is 45.1 Å². The number of aryl methyl sites for hydroxylation is 2. The van der Waals surface area contributed by atoms with E-state index in [0.717, 1.165) is 29.5 Å². The van der Waals surface area contributed by atoms with E-state index in [1.54, 1.807) is 31.5 Å². The molecule has 0 unspecified atom stereocenters. The van der Waals surface area contributed by atoms with Crippen molar-refractivity contribution < 1.29 is 5.11 Å². The maximum Gasteiger partial charge on any atom is 0.262 e. The second-order valence-corrected chi connectivity index (χ2v) is 6.96. The van der Waals surface area contributed by atoms with Crippen molar-refractivity contribution >= 4 is 21.6 Å². The fraction of sp³-hybridized carbons (Fsp3) is 0.571. The third-order valence-corrected chi connectivity index (χ3v) is 4.70. The van der Waals surface area contributed by atoms with Gasteiger partial charge in [0.2, 0.25) is 0 Å². The Hall–Kier alpha value is -1.20. The molecule has 102 valence electrons. The summed E-state index contributed by atoms with van der Waals surface area (Å²) >= 11 is 1.65. The first kappa shape index (κ1) is 12.8. The lowest BCUT2D eigenvalue weighted by molar-refractivity contribution is 0.0603. The summed E-state index contributed by atoms with van der Waals surface area (Å²) in [6, 6.07) is 0. The molecular formula is C14H18N2O2S. The third-order valence-electron chi connectivity index (χ3n) is 3.50. The van der Waals surface area contributed by atoms with Gasteiger partial charge in [0.05, 0.1) is 23.9 Å². The fourth-order valence-electron chi connectivity index (χ4n) is 2.71. The molecule has 0 bridgehead atoms. The number of thiophene rings is 1. The quantitative estimate of drug-likeness (QED) is 0.915. The molecule has 0 saturated heterocycles. The predicted octanol–water partition coefficient (Wildman–Crippen LogP) is 2.11. The molecule has 2 aromatic rings. The summed E-state index contributed by atoms with van der Waals surface area (Å²) in [6.07, 6.45) is 5.97. The van der Waals surface area contributed by atoms with E-state index in [9.17, 15) is 9.90 Å². The van der Waals surface area contributed by atoms with Crippen LogP contribution in [0.3, 0.4) is 0 Å². The summed E-state index contributed by atoms with van der Waals surface area (Å²) in [5, 5.41) is 10.7. The van der Waals surface area contributed by atoms with E-state index in [-0.39, 0.29) is 12.1 Å². The molecule has 3 rings (SSSR count). The molecule has 0 saturated carbocycles. The molecule has 0 amide bonds. The van der Waals surface area contributed by atoms with Gasteiger partial charge < -0.3 is 5.11 Å². The molecule has 1 aliphatic carbocycles. The maximum absolute atomic E-state index is 12.6. The molecular weight excluding hydrogens is 260 g/mol. The summed E-state index contributed by atoms with van der Waals surface area (Å²) in [6.45, 7) is 3.68. The van der Waals surface area contributed by atoms with Crippen molar-refractivity contribution in [2.75, 3.05) is 0 Å². The highest BCUT2D eigenvalue weighted by molar-refractivity contribution is 7.18. The minimum atomic E-state index is -0.907. The van der Waals surface area contributed by atoms with Gasteiger partial charge in [0.25, 0.3) is 5.56 Å². The van der Waals surface area contributed by atoms with E-state index < -0.39 is 5.60 Å². The molecule has 4 nitrogen and oxygen atoms in total. The van der Waals surface area contributed by atoms with Crippen molar-refractivity contribution in [2.45, 2.75) is 51.7 Å². The molecule has 0 atom stereocenters. The van der Waals surface area contributed by atoms with Crippen molar-refractivity contribution in [1.29, 1.82) is 0 Å². The van der Waals surface area contributed by atoms with Gasteiger partial charge in [0.1, 0.15) is 4.83 Å². The van der Waals surface area contributed by atoms with Crippen LogP contribution in [0.2, 0.25) is 0 Å². The van der Waals surface area contributed by atoms with Crippen molar-refractivity contribution in [3.05, 3.63) is 27.1 Å². The van der Waals surface area contributed by atoms with Gasteiger partial charge in [-0.1, -0.05) is 0 Å². The van der Waals surface area contributed by atoms with Crippen molar-refractivity contribution in [3.63, 3.8) is 0 Å². The zero-order valence-corrected chi connectivity index (χ0v) is 12.1. The Balaban J connectivity index is 2.18. The largest absolute Gasteiger partial charge is 0.389 e. The minimum Gasteiger partial charge on any atom is -0.389 e. The highest BCUT2D eigenvalue weighted by Gasteiger charge is 2.21. The number of aliphatic hydroxyl groups is 1. The normalized spacial score (nSPS) is 15.7. The summed E-state index contributed by atoms with van der Waals surface area (Å²) in [7, 11) is 0. The zero-order valence-electron chi connectivity index (χ0n) is 11.3. The predicted molar refractivity (Wildman–Crippen MR) is 76.8 cm³/mol. The number of aromatic nitrogens is 2. The van der Waals surface area contributed by atoms with Crippen LogP contribution in [0, 0.1) is 0 Å². The average molecular weight is 278 g/mol. The topological polar surface area (TPSA) is 55.1 Å². The molecule has 0 radical (unpaired) electrons. The fourth-order valence-corrected chi connectivity index (χ4v) is 3.93. The smallest absolute Gasteiger partial charge is 0.262 e. The molecule has 0 fully saturated rings. The van der Waals surface area contributed by atoms with E-state index in [1.807, 2.05) is 0 Å². The van der Waals surface area contributed by atoms with Gasteiger partial charge in [-0.3, -0.25) is 9.36 Å². The Bertz CT molecular complexity index is 679. The van der Waals surface area contributed by atoms with Crippen LogP contribution in [0.4, 0.5) is 0 Å². The number of hydrogen-bond acceptors (Lipinski definition) is 4. The molecule has 1 aliphatic rings. The Morgan fingerprint density at radius 3 is 2.89 bits per heavy atom. The summed E-state index contributed by atoms with van der Waals surface area (Å²) < 4.78 is 1.53. The van der Waals surface area contributed by atoms with Gasteiger partial charge in [0.15, 0.2) is 0 Å². The molecule has 0 spiro atoms. The summed E-state index contributed by atoms with van der Waals surface area (Å²) in [5.41, 5.74) is 0.287. The lowest BCUT2D eigenvalue weighted by Crippen LogP contribution is -2.32. The molecule has 1 N–H and O–H groups in total. The van der Waals surface area contributed by atoms with Crippen molar-refractivity contribution in [1.82, 2.24) is 9.55 Å². The van der Waals surface area contributed by atoms with Gasteiger partial charge in [0, 0.05) is 4.88 Å². The second kappa shape index (κ2) is 4.42. The Kier molecular flexibility index (Phi) is 2.98. The maximum atomic E-state index is 12.6. The van der Waals surface area contributed by atoms with Crippen LogP contribution in [-0.2, 0) is 19.4 Å². The third kappa shape index (κ3) is 2.32. The van der Waals surface area contributed by atoms with E-state index in [0.29, 0.717) is 0 Å². The van der Waals surface area contributed by atoms with E-state index in [2.05, 4.69) is 4.98 Å². The lowest BCUT2D eigenvalue weighted by atomic mass is 9.97. The highest BCUT2D eigenvalue weighted by atomic mass is 32.1. The number of fused-ring (bicyclic) bond motifs is 3. The molecule has 0 aromatic carbocycles. The summed E-state index contributed by atoms with van der Waals surface area (Å²) in [4.78, 5) is 19.1. The molecule has 5 heteroatoms. The zero-order chi connectivity index (χ0) is 13.6. The minimum absolute atomic E-state index is 0.00785. The average Bonchev–Trinajstić information content (AvgIpc) is 2.70. The van der Waals surface area contributed by atoms with Gasteiger partial charge in [-0.25, -0.2) is 4.98 Å². The number of nitrogens with zero attached hydrogens (tertiary/aromatic N) is 2. The van der Waals surface area contributed by atoms with E-state index in [1.165, 1.54) is 21.4 Å². The first-order valence-electron chi connectivity index (χ1n) is 6.68. The number of rotatable bonds is 2. The number of hydrogen-bond donors (Lipinski definition) is 1. The van der Waals surface area contributed by atoms with Crippen molar-refractivity contribution in [2.24, 2.45) is 0 Å². The van der Waals surface area contributed by atoms with Gasteiger partial charge >= 0.3 is 0 Å². The van der Waals surface area contributed by atoms with Gasteiger partial charge in [-0.15, -0.1) is 11.3 Å². The lowest BCUT2D eigenvalue weighted by Gasteiger charge is -2.18.